The smallest absolute Gasteiger partial charge is 0.167 e. The molecule has 0 aliphatic heterocycles. The van der Waals surface area contributed by atoms with Crippen LogP contribution in [0.4, 0.5) is 0 Å². The first-order chi connectivity index (χ1) is 34.7. The van der Waals surface area contributed by atoms with E-state index in [4.69, 9.17) is 29.2 Å². The molecule has 0 aliphatic carbocycles. The van der Waals surface area contributed by atoms with Crippen molar-refractivity contribution in [2.75, 3.05) is 26.4 Å². The Morgan fingerprint density at radius 1 is 0.375 bits per heavy atom. The molecule has 6 aromatic carbocycles. The molecule has 14 heteroatoms. The lowest BCUT2D eigenvalue weighted by Crippen LogP contribution is -2.04. The average Bonchev–Trinajstić information content (AvgIpc) is 3.34. The summed E-state index contributed by atoms with van der Waals surface area (Å²) in [6.07, 6.45) is 4.57. The Bertz CT molecular complexity index is 2990. The van der Waals surface area contributed by atoms with Gasteiger partial charge in [-0.15, -0.1) is 0 Å². The number of aromatic hydroxyl groups is 5. The zero-order valence-electron chi connectivity index (χ0n) is 41.9. The maximum absolute atomic E-state index is 11.0. The molecule has 372 valence electrons. The maximum Gasteiger partial charge on any atom is 0.167 e. The molecule has 8 rings (SSSR count). The van der Waals surface area contributed by atoms with Crippen LogP contribution in [-0.4, -0.2) is 81.9 Å². The fourth-order valence-electron chi connectivity index (χ4n) is 7.61. The van der Waals surface area contributed by atoms with Crippen LogP contribution in [0.2, 0.25) is 0 Å². The highest BCUT2D eigenvalue weighted by atomic mass is 16.5. The summed E-state index contributed by atoms with van der Waals surface area (Å²) in [5.74, 6) is 3.22. The minimum atomic E-state index is 0.0411. The summed E-state index contributed by atoms with van der Waals surface area (Å²) in [6, 6.07) is 32.1. The lowest BCUT2D eigenvalue weighted by atomic mass is 10.1. The van der Waals surface area contributed by atoms with Gasteiger partial charge in [-0.2, -0.15) is 0 Å². The summed E-state index contributed by atoms with van der Waals surface area (Å²) < 4.78 is 17.6. The van der Waals surface area contributed by atoms with E-state index in [1.165, 1.54) is 0 Å². The van der Waals surface area contributed by atoms with E-state index in [0.29, 0.717) is 83.6 Å². The number of rotatable bonds is 18. The Morgan fingerprint density at radius 2 is 0.722 bits per heavy atom. The summed E-state index contributed by atoms with van der Waals surface area (Å²) in [5, 5.41) is 53.2. The van der Waals surface area contributed by atoms with E-state index in [2.05, 4.69) is 28.8 Å². The fourth-order valence-corrected chi connectivity index (χ4v) is 7.61. The van der Waals surface area contributed by atoms with Crippen LogP contribution < -0.4 is 9.47 Å². The van der Waals surface area contributed by atoms with Crippen molar-refractivity contribution in [1.82, 2.24) is 29.9 Å². The zero-order valence-corrected chi connectivity index (χ0v) is 41.9. The van der Waals surface area contributed by atoms with E-state index in [9.17, 15) is 25.5 Å². The molecule has 0 amide bonds. The zero-order chi connectivity index (χ0) is 51.3. The van der Waals surface area contributed by atoms with Gasteiger partial charge in [0, 0.05) is 12.7 Å². The van der Waals surface area contributed by atoms with E-state index in [1.807, 2.05) is 83.1 Å². The number of phenolic OH excluding ortho intramolecular Hbond substituents is 5. The molecule has 0 bridgehead atoms. The Balaban J connectivity index is 0.000000223. The molecule has 2 heterocycles. The first-order valence-electron chi connectivity index (χ1n) is 24.3. The fraction of sp³-hybridized carbons (Fsp3) is 0.276. The summed E-state index contributed by atoms with van der Waals surface area (Å²) >= 11 is 0. The average molecular weight is 971 g/mol. The molecular weight excluding hydrogens is 909 g/mol. The quantitative estimate of drug-likeness (QED) is 0.0507. The van der Waals surface area contributed by atoms with Crippen molar-refractivity contribution in [2.45, 2.75) is 80.6 Å². The maximum atomic E-state index is 11.0. The molecule has 5 N–H and O–H groups in total. The summed E-state index contributed by atoms with van der Waals surface area (Å²) in [7, 11) is 0. The van der Waals surface area contributed by atoms with Crippen LogP contribution in [0.25, 0.3) is 68.3 Å². The van der Waals surface area contributed by atoms with E-state index in [1.54, 1.807) is 60.7 Å². The van der Waals surface area contributed by atoms with Gasteiger partial charge in [0.15, 0.2) is 34.9 Å². The van der Waals surface area contributed by atoms with Crippen LogP contribution in [0, 0.1) is 27.7 Å². The third kappa shape index (κ3) is 13.0. The molecule has 72 heavy (non-hydrogen) atoms. The van der Waals surface area contributed by atoms with Gasteiger partial charge in [0.1, 0.15) is 40.2 Å². The van der Waals surface area contributed by atoms with E-state index in [-0.39, 0.29) is 57.9 Å². The number of nitrogens with zero attached hydrogens (tertiary/aromatic N) is 6. The van der Waals surface area contributed by atoms with Gasteiger partial charge in [0.2, 0.25) is 0 Å². The number of hydrogen-bond donors (Lipinski definition) is 5. The number of aryl methyl sites for hydroxylation is 4. The monoisotopic (exact) mass is 970 g/mol. The molecule has 2 aromatic heterocycles. The largest absolute Gasteiger partial charge is 0.507 e. The third-order valence-electron chi connectivity index (χ3n) is 11.6. The first-order valence-corrected chi connectivity index (χ1v) is 24.3. The second kappa shape index (κ2) is 24.1. The molecule has 0 spiro atoms. The topological polar surface area (TPSA) is 206 Å². The van der Waals surface area contributed by atoms with Crippen molar-refractivity contribution in [3.05, 3.63) is 137 Å². The van der Waals surface area contributed by atoms with Crippen molar-refractivity contribution in [3.8, 4) is 109 Å². The van der Waals surface area contributed by atoms with Crippen molar-refractivity contribution in [3.63, 3.8) is 0 Å². The van der Waals surface area contributed by atoms with Gasteiger partial charge in [-0.05, 0) is 154 Å². The van der Waals surface area contributed by atoms with E-state index >= 15 is 0 Å². The predicted molar refractivity (Wildman–Crippen MR) is 281 cm³/mol. The highest BCUT2D eigenvalue weighted by Gasteiger charge is 2.21. The van der Waals surface area contributed by atoms with Crippen LogP contribution in [0.5, 0.6) is 40.2 Å². The highest BCUT2D eigenvalue weighted by Crippen LogP contribution is 2.39. The number of hydrogen-bond acceptors (Lipinski definition) is 14. The molecule has 0 aliphatic rings. The van der Waals surface area contributed by atoms with Gasteiger partial charge < -0.3 is 39.7 Å². The normalized spacial score (nSPS) is 11.0. The summed E-state index contributed by atoms with van der Waals surface area (Å²) in [6.45, 7) is 16.1. The third-order valence-corrected chi connectivity index (χ3v) is 11.6. The Hall–Kier alpha value is -8.10. The van der Waals surface area contributed by atoms with Crippen molar-refractivity contribution < 1.29 is 39.7 Å². The number of unbranched alkanes of at least 4 members (excludes halogenated alkanes) is 2. The Morgan fingerprint density at radius 3 is 1.08 bits per heavy atom. The minimum absolute atomic E-state index is 0.0411. The number of benzene rings is 6. The molecule has 0 atom stereocenters. The molecule has 0 fully saturated rings. The molecule has 0 saturated heterocycles. The van der Waals surface area contributed by atoms with Gasteiger partial charge in [-0.1, -0.05) is 57.0 Å². The second-order valence-corrected chi connectivity index (χ2v) is 17.6. The number of ether oxygens (including phenoxy) is 3. The second-order valence-electron chi connectivity index (χ2n) is 17.6. The standard InChI is InChI=1S/C34H41N3O5.C24H21N3O3/c1-5-8-17-41-25-12-15-28(31(22-25)42-18-9-6-2)34-36-32(26-13-10-23(4)20-29(26)38)35-33(37-34)27-14-11-24(21-30(27)39)16-19-40-7-3;1-13-4-7-16(19(28)10-13)22-25-23(17-8-5-14(2)11-20(17)29)27-24(26-22)18-9-6-15(3)12-21(18)30/h10-15,20-22,38-39H,5-9,16-19H2,1-4H3;4-12,28-30H,1-3H3. The summed E-state index contributed by atoms with van der Waals surface area (Å²) in [5.41, 5.74) is 7.45. The van der Waals surface area contributed by atoms with Crippen LogP contribution in [0.15, 0.2) is 109 Å². The summed E-state index contributed by atoms with van der Waals surface area (Å²) in [4.78, 5) is 27.8. The van der Waals surface area contributed by atoms with Gasteiger partial charge in [-0.25, -0.2) is 29.9 Å². The molecule has 0 unspecified atom stereocenters. The Labute approximate surface area is 420 Å². The van der Waals surface area contributed by atoms with Gasteiger partial charge in [-0.3, -0.25) is 0 Å². The van der Waals surface area contributed by atoms with Crippen LogP contribution in [0.3, 0.4) is 0 Å². The van der Waals surface area contributed by atoms with Crippen LogP contribution in [-0.2, 0) is 11.2 Å². The molecule has 8 aromatic rings. The first kappa shape index (κ1) is 51.7. The van der Waals surface area contributed by atoms with Crippen molar-refractivity contribution >= 4 is 0 Å². The predicted octanol–water partition coefficient (Wildman–Crippen LogP) is 12.4. The lowest BCUT2D eigenvalue weighted by Gasteiger charge is -2.15. The van der Waals surface area contributed by atoms with E-state index < -0.39 is 0 Å². The van der Waals surface area contributed by atoms with Gasteiger partial charge in [0.05, 0.1) is 53.2 Å². The highest BCUT2D eigenvalue weighted by molar-refractivity contribution is 5.76. The van der Waals surface area contributed by atoms with E-state index in [0.717, 1.165) is 53.5 Å². The number of phenols is 5. The molecule has 0 radical (unpaired) electrons. The van der Waals surface area contributed by atoms with Gasteiger partial charge in [0.25, 0.3) is 0 Å². The van der Waals surface area contributed by atoms with Gasteiger partial charge >= 0.3 is 0 Å². The molecule has 0 saturated carbocycles. The minimum Gasteiger partial charge on any atom is -0.507 e. The van der Waals surface area contributed by atoms with Crippen LogP contribution in [0.1, 0.15) is 74.3 Å². The van der Waals surface area contributed by atoms with Crippen molar-refractivity contribution in [2.24, 2.45) is 0 Å². The lowest BCUT2D eigenvalue weighted by molar-refractivity contribution is 0.151. The van der Waals surface area contributed by atoms with Crippen molar-refractivity contribution in [1.29, 1.82) is 0 Å². The van der Waals surface area contributed by atoms with Crippen LogP contribution >= 0.6 is 0 Å². The Kier molecular flexibility index (Phi) is 17.4. The molecular formula is C58H62N6O8. The molecule has 14 nitrogen and oxygen atoms in total. The SMILES string of the molecule is CCCCOc1ccc(-c2nc(-c3ccc(C)cc3O)nc(-c3ccc(CCOCC)cc3O)n2)c(OCCCC)c1.Cc1ccc(-c2nc(-c3ccc(C)cc3O)nc(-c3ccc(C)cc3O)n2)c(O)c1. The number of aromatic nitrogens is 6.